The molecule has 5 rings (SSSR count). The molecule has 0 aliphatic carbocycles. The second-order valence-electron chi connectivity index (χ2n) is 11.8. The molecule has 196 valence electrons. The molecule has 3 amide bonds. The van der Waals surface area contributed by atoms with Crippen molar-refractivity contribution in [2.24, 2.45) is 0 Å². The van der Waals surface area contributed by atoms with Gasteiger partial charge in [0.15, 0.2) is 0 Å². The maximum absolute atomic E-state index is 13.9. The maximum atomic E-state index is 13.9. The summed E-state index contributed by atoms with van der Waals surface area (Å²) in [5.41, 5.74) is 3.40. The molecule has 3 aromatic carbocycles. The van der Waals surface area contributed by atoms with E-state index in [4.69, 9.17) is 0 Å². The standard InChI is InChI=1S/C32H35N3O3/c1-31(2)18-24(19-32(3,4)34-31)33-28(36)27(20-35-29(37)25-12-8-9-13-26(25)30(35)38)23-16-14-22(15-17-23)21-10-6-5-7-11-21/h5-17,24,27,34H,18-20H2,1-4H3,(H,33,36)/t27-/m1/s1. The number of benzene rings is 3. The molecule has 2 aliphatic heterocycles. The van der Waals surface area contributed by atoms with Gasteiger partial charge >= 0.3 is 0 Å². The second kappa shape index (κ2) is 9.84. The Hall–Kier alpha value is -3.77. The molecule has 0 saturated carbocycles. The van der Waals surface area contributed by atoms with Crippen LogP contribution in [0.3, 0.4) is 0 Å². The first-order valence-corrected chi connectivity index (χ1v) is 13.2. The van der Waals surface area contributed by atoms with Crippen molar-refractivity contribution >= 4 is 17.7 Å². The quantitative estimate of drug-likeness (QED) is 0.450. The number of nitrogens with one attached hydrogen (secondary N) is 2. The van der Waals surface area contributed by atoms with E-state index in [1.807, 2.05) is 54.6 Å². The Morgan fingerprint density at radius 1 is 0.816 bits per heavy atom. The molecular formula is C32H35N3O3. The summed E-state index contributed by atoms with van der Waals surface area (Å²) < 4.78 is 0. The average Bonchev–Trinajstić information content (AvgIpc) is 3.10. The van der Waals surface area contributed by atoms with Gasteiger partial charge in [0.25, 0.3) is 11.8 Å². The van der Waals surface area contributed by atoms with E-state index >= 15 is 0 Å². The minimum Gasteiger partial charge on any atom is -0.353 e. The minimum atomic E-state index is -0.692. The summed E-state index contributed by atoms with van der Waals surface area (Å²) in [5, 5.41) is 6.92. The highest BCUT2D eigenvalue weighted by Crippen LogP contribution is 2.31. The lowest BCUT2D eigenvalue weighted by Gasteiger charge is -2.46. The van der Waals surface area contributed by atoms with E-state index in [0.29, 0.717) is 11.1 Å². The van der Waals surface area contributed by atoms with Crippen LogP contribution in [0.25, 0.3) is 11.1 Å². The Kier molecular flexibility index (Phi) is 6.70. The molecular weight excluding hydrogens is 474 g/mol. The zero-order valence-electron chi connectivity index (χ0n) is 22.5. The molecule has 0 bridgehead atoms. The van der Waals surface area contributed by atoms with Gasteiger partial charge in [-0.15, -0.1) is 0 Å². The normalized spacial score (nSPS) is 19.2. The third-order valence-corrected chi connectivity index (χ3v) is 7.52. The van der Waals surface area contributed by atoms with Gasteiger partial charge in [-0.1, -0.05) is 66.7 Å². The SMILES string of the molecule is CC1(C)CC(NC(=O)[C@H](CN2C(=O)c3ccccc3C2=O)c2ccc(-c3ccccc3)cc2)CC(C)(C)N1. The van der Waals surface area contributed by atoms with Crippen LogP contribution in [0.2, 0.25) is 0 Å². The summed E-state index contributed by atoms with van der Waals surface area (Å²) in [6.45, 7) is 8.56. The molecule has 0 radical (unpaired) electrons. The molecule has 2 heterocycles. The monoisotopic (exact) mass is 509 g/mol. The van der Waals surface area contributed by atoms with Crippen LogP contribution in [0.4, 0.5) is 0 Å². The molecule has 38 heavy (non-hydrogen) atoms. The number of rotatable bonds is 6. The van der Waals surface area contributed by atoms with Crippen molar-refractivity contribution < 1.29 is 14.4 Å². The number of carbonyl (C=O) groups excluding carboxylic acids is 3. The summed E-state index contributed by atoms with van der Waals surface area (Å²) in [7, 11) is 0. The molecule has 2 N–H and O–H groups in total. The van der Waals surface area contributed by atoms with Crippen molar-refractivity contribution in [2.45, 2.75) is 63.6 Å². The van der Waals surface area contributed by atoms with Crippen molar-refractivity contribution in [1.82, 2.24) is 15.5 Å². The van der Waals surface area contributed by atoms with E-state index in [0.717, 1.165) is 29.5 Å². The van der Waals surface area contributed by atoms with Crippen LogP contribution in [0.5, 0.6) is 0 Å². The van der Waals surface area contributed by atoms with Gasteiger partial charge < -0.3 is 10.6 Å². The number of fused-ring (bicyclic) bond motifs is 1. The third kappa shape index (κ3) is 5.27. The smallest absolute Gasteiger partial charge is 0.261 e. The van der Waals surface area contributed by atoms with E-state index in [-0.39, 0.29) is 41.4 Å². The average molecular weight is 510 g/mol. The predicted molar refractivity (Wildman–Crippen MR) is 149 cm³/mol. The highest BCUT2D eigenvalue weighted by molar-refractivity contribution is 6.21. The number of hydrogen-bond donors (Lipinski definition) is 2. The van der Waals surface area contributed by atoms with Gasteiger partial charge in [0.1, 0.15) is 0 Å². The van der Waals surface area contributed by atoms with Crippen LogP contribution in [0.1, 0.15) is 72.7 Å². The first-order valence-electron chi connectivity index (χ1n) is 13.2. The molecule has 0 spiro atoms. The zero-order valence-corrected chi connectivity index (χ0v) is 22.5. The molecule has 1 saturated heterocycles. The van der Waals surface area contributed by atoms with Crippen molar-refractivity contribution in [3.63, 3.8) is 0 Å². The Balaban J connectivity index is 1.44. The summed E-state index contributed by atoms with van der Waals surface area (Å²) in [6.07, 6.45) is 1.57. The van der Waals surface area contributed by atoms with Gasteiger partial charge in [-0.2, -0.15) is 0 Å². The van der Waals surface area contributed by atoms with Gasteiger partial charge in [0, 0.05) is 23.7 Å². The molecule has 3 aromatic rings. The van der Waals surface area contributed by atoms with E-state index in [1.54, 1.807) is 24.3 Å². The highest BCUT2D eigenvalue weighted by atomic mass is 16.2. The number of hydrogen-bond acceptors (Lipinski definition) is 4. The maximum Gasteiger partial charge on any atom is 0.261 e. The van der Waals surface area contributed by atoms with Crippen LogP contribution in [-0.4, -0.2) is 46.3 Å². The third-order valence-electron chi connectivity index (χ3n) is 7.52. The Bertz CT molecular complexity index is 1310. The van der Waals surface area contributed by atoms with E-state index in [2.05, 4.69) is 38.3 Å². The Morgan fingerprint density at radius 2 is 1.32 bits per heavy atom. The number of amides is 3. The number of piperidine rings is 1. The van der Waals surface area contributed by atoms with Crippen molar-refractivity contribution in [2.75, 3.05) is 6.54 Å². The molecule has 6 nitrogen and oxygen atoms in total. The second-order valence-corrected chi connectivity index (χ2v) is 11.8. The molecule has 0 aromatic heterocycles. The van der Waals surface area contributed by atoms with Crippen LogP contribution in [-0.2, 0) is 4.79 Å². The number of carbonyl (C=O) groups is 3. The van der Waals surface area contributed by atoms with Gasteiger partial charge in [-0.25, -0.2) is 0 Å². The fourth-order valence-electron chi connectivity index (χ4n) is 6.19. The van der Waals surface area contributed by atoms with Gasteiger partial charge in [0.05, 0.1) is 17.0 Å². The zero-order chi connectivity index (χ0) is 27.1. The lowest BCUT2D eigenvalue weighted by molar-refractivity contribution is -0.124. The molecule has 1 fully saturated rings. The molecule has 1 atom stereocenters. The van der Waals surface area contributed by atoms with Crippen LogP contribution in [0, 0.1) is 0 Å². The lowest BCUT2D eigenvalue weighted by atomic mass is 9.79. The van der Waals surface area contributed by atoms with E-state index < -0.39 is 5.92 Å². The van der Waals surface area contributed by atoms with Crippen molar-refractivity contribution in [3.8, 4) is 11.1 Å². The fourth-order valence-corrected chi connectivity index (χ4v) is 6.19. The van der Waals surface area contributed by atoms with Gasteiger partial charge in [0.2, 0.25) is 5.91 Å². The fraction of sp³-hybridized carbons (Fsp3) is 0.344. The minimum absolute atomic E-state index is 0.0133. The van der Waals surface area contributed by atoms with Crippen LogP contribution < -0.4 is 10.6 Å². The summed E-state index contributed by atoms with van der Waals surface area (Å²) in [5.74, 6) is -1.57. The van der Waals surface area contributed by atoms with Gasteiger partial charge in [-0.05, 0) is 69.4 Å². The molecule has 6 heteroatoms. The van der Waals surface area contributed by atoms with Crippen LogP contribution >= 0.6 is 0 Å². The largest absolute Gasteiger partial charge is 0.353 e. The summed E-state index contributed by atoms with van der Waals surface area (Å²) >= 11 is 0. The first kappa shape index (κ1) is 25.9. The first-order chi connectivity index (χ1) is 18.0. The molecule has 2 aliphatic rings. The van der Waals surface area contributed by atoms with E-state index in [9.17, 15) is 14.4 Å². The summed E-state index contributed by atoms with van der Waals surface area (Å²) in [4.78, 5) is 41.4. The number of imide groups is 1. The van der Waals surface area contributed by atoms with Crippen molar-refractivity contribution in [3.05, 3.63) is 95.6 Å². The highest BCUT2D eigenvalue weighted by Gasteiger charge is 2.41. The van der Waals surface area contributed by atoms with Gasteiger partial charge in [-0.3, -0.25) is 19.3 Å². The Morgan fingerprint density at radius 3 is 1.87 bits per heavy atom. The van der Waals surface area contributed by atoms with E-state index in [1.165, 1.54) is 4.90 Å². The van der Waals surface area contributed by atoms with Crippen molar-refractivity contribution in [1.29, 1.82) is 0 Å². The number of nitrogens with zero attached hydrogens (tertiary/aromatic N) is 1. The van der Waals surface area contributed by atoms with Crippen LogP contribution in [0.15, 0.2) is 78.9 Å². The molecule has 0 unspecified atom stereocenters. The predicted octanol–water partition coefficient (Wildman–Crippen LogP) is 5.16. The topological polar surface area (TPSA) is 78.5 Å². The Labute approximate surface area is 224 Å². The lowest BCUT2D eigenvalue weighted by Crippen LogP contribution is -2.62. The summed E-state index contributed by atoms with van der Waals surface area (Å²) in [6, 6.07) is 24.7.